The molecule has 0 unspecified atom stereocenters. The highest BCUT2D eigenvalue weighted by Gasteiger charge is 2.49. The maximum absolute atomic E-state index is 11.4. The molecule has 0 aromatic rings. The van der Waals surface area contributed by atoms with Crippen molar-refractivity contribution in [1.82, 2.24) is 0 Å². The van der Waals surface area contributed by atoms with E-state index < -0.39 is 12.2 Å². The lowest BCUT2D eigenvalue weighted by Gasteiger charge is -2.21. The number of carbonyl (C=O) groups excluding carboxylic acids is 1. The molecule has 2 aliphatic rings. The van der Waals surface area contributed by atoms with E-state index in [-0.39, 0.29) is 17.8 Å². The van der Waals surface area contributed by atoms with Gasteiger partial charge in [0.25, 0.3) is 0 Å². The van der Waals surface area contributed by atoms with Gasteiger partial charge in [0, 0.05) is 17.4 Å². The first-order chi connectivity index (χ1) is 6.65. The third-order valence-corrected chi connectivity index (χ3v) is 3.03. The van der Waals surface area contributed by atoms with Gasteiger partial charge in [-0.2, -0.15) is 0 Å². The molecule has 2 rings (SSSR count). The van der Waals surface area contributed by atoms with Crippen LogP contribution >= 0.6 is 0 Å². The lowest BCUT2D eigenvalue weighted by Crippen LogP contribution is -2.33. The van der Waals surface area contributed by atoms with Crippen molar-refractivity contribution >= 4 is 5.97 Å². The normalized spacial score (nSPS) is 39.8. The van der Waals surface area contributed by atoms with E-state index in [4.69, 9.17) is 4.74 Å². The molecule has 1 saturated carbocycles. The molecule has 14 heavy (non-hydrogen) atoms. The molecular weight excluding hydrogens is 184 g/mol. The lowest BCUT2D eigenvalue weighted by atomic mass is 9.94. The second-order valence-electron chi connectivity index (χ2n) is 3.83. The first-order valence-electron chi connectivity index (χ1n) is 4.90. The zero-order valence-corrected chi connectivity index (χ0v) is 8.01. The summed E-state index contributed by atoms with van der Waals surface area (Å²) >= 11 is 0. The van der Waals surface area contributed by atoms with Crippen molar-refractivity contribution in [3.8, 4) is 0 Å². The Morgan fingerprint density at radius 2 is 2.29 bits per heavy atom. The predicted octanol–water partition coefficient (Wildman–Crippen LogP) is -0.153. The molecule has 1 fully saturated rings. The Bertz CT molecular complexity index is 284. The van der Waals surface area contributed by atoms with Gasteiger partial charge in [-0.1, -0.05) is 6.08 Å². The van der Waals surface area contributed by atoms with E-state index in [0.29, 0.717) is 18.6 Å². The molecule has 0 aromatic heterocycles. The number of carbonyl (C=O) groups is 1. The standard InChI is InChI=1S/C10H14O4/c1-2-14-10(13)7-4-5-3-6(7)9(12)8(5)11/h4-6,8-9,11-12H,2-3H2,1H3/t5-,6+,8-,9+/m1/s1. The molecular formula is C10H14O4. The SMILES string of the molecule is CCOC(=O)C1=C[C@H]2C[C@@H]1[C@H](O)[C@@H]2O. The van der Waals surface area contributed by atoms with Crippen LogP contribution in [0.5, 0.6) is 0 Å². The summed E-state index contributed by atoms with van der Waals surface area (Å²) in [5, 5.41) is 19.0. The van der Waals surface area contributed by atoms with Crippen LogP contribution in [0, 0.1) is 11.8 Å². The van der Waals surface area contributed by atoms with Gasteiger partial charge in [-0.05, 0) is 13.3 Å². The second-order valence-corrected chi connectivity index (χ2v) is 3.83. The maximum atomic E-state index is 11.4. The molecule has 78 valence electrons. The van der Waals surface area contributed by atoms with Crippen molar-refractivity contribution in [1.29, 1.82) is 0 Å². The van der Waals surface area contributed by atoms with E-state index in [1.54, 1.807) is 13.0 Å². The van der Waals surface area contributed by atoms with E-state index in [0.717, 1.165) is 0 Å². The quantitative estimate of drug-likeness (QED) is 0.605. The molecule has 0 heterocycles. The first kappa shape index (κ1) is 9.68. The fourth-order valence-corrected chi connectivity index (χ4v) is 2.33. The summed E-state index contributed by atoms with van der Waals surface area (Å²) in [7, 11) is 0. The van der Waals surface area contributed by atoms with Gasteiger partial charge in [-0.25, -0.2) is 4.79 Å². The summed E-state index contributed by atoms with van der Waals surface area (Å²) in [6, 6.07) is 0. The summed E-state index contributed by atoms with van der Waals surface area (Å²) in [6.45, 7) is 2.09. The Hall–Kier alpha value is -0.870. The number of esters is 1. The Labute approximate surface area is 82.2 Å². The smallest absolute Gasteiger partial charge is 0.334 e. The zero-order valence-electron chi connectivity index (χ0n) is 8.01. The van der Waals surface area contributed by atoms with Crippen LogP contribution in [0.2, 0.25) is 0 Å². The average Bonchev–Trinajstić information content (AvgIpc) is 2.68. The minimum atomic E-state index is -0.801. The van der Waals surface area contributed by atoms with Crippen LogP contribution in [0.3, 0.4) is 0 Å². The summed E-state index contributed by atoms with van der Waals surface area (Å²) in [5.74, 6) is -0.658. The Balaban J connectivity index is 2.14. The highest BCUT2D eigenvalue weighted by Crippen LogP contribution is 2.44. The Morgan fingerprint density at radius 3 is 2.79 bits per heavy atom. The van der Waals surface area contributed by atoms with Crippen molar-refractivity contribution in [3.05, 3.63) is 11.6 Å². The van der Waals surface area contributed by atoms with Gasteiger partial charge in [0.1, 0.15) is 0 Å². The topological polar surface area (TPSA) is 66.8 Å². The molecule has 0 spiro atoms. The molecule has 4 heteroatoms. The van der Waals surface area contributed by atoms with Crippen molar-refractivity contribution in [2.24, 2.45) is 11.8 Å². The molecule has 0 aromatic carbocycles. The van der Waals surface area contributed by atoms with E-state index in [9.17, 15) is 15.0 Å². The van der Waals surface area contributed by atoms with E-state index in [1.807, 2.05) is 0 Å². The van der Waals surface area contributed by atoms with Crippen LogP contribution in [0.15, 0.2) is 11.6 Å². The molecule has 2 aliphatic carbocycles. The number of fused-ring (bicyclic) bond motifs is 2. The van der Waals surface area contributed by atoms with Gasteiger partial charge in [0.05, 0.1) is 18.8 Å². The van der Waals surface area contributed by atoms with Gasteiger partial charge in [0.2, 0.25) is 0 Å². The number of hydrogen-bond acceptors (Lipinski definition) is 4. The minimum absolute atomic E-state index is 0.0746. The summed E-state index contributed by atoms with van der Waals surface area (Å²) < 4.78 is 4.86. The molecule has 0 aliphatic heterocycles. The molecule has 2 N–H and O–H groups in total. The van der Waals surface area contributed by atoms with Crippen molar-refractivity contribution in [3.63, 3.8) is 0 Å². The van der Waals surface area contributed by atoms with Crippen LogP contribution in [-0.4, -0.2) is 35.0 Å². The van der Waals surface area contributed by atoms with Gasteiger partial charge < -0.3 is 14.9 Å². The third-order valence-electron chi connectivity index (χ3n) is 3.03. The average molecular weight is 198 g/mol. The second kappa shape index (κ2) is 3.37. The highest BCUT2D eigenvalue weighted by atomic mass is 16.5. The molecule has 4 atom stereocenters. The maximum Gasteiger partial charge on any atom is 0.334 e. The van der Waals surface area contributed by atoms with Crippen LogP contribution in [0.25, 0.3) is 0 Å². The van der Waals surface area contributed by atoms with Crippen molar-refractivity contribution in [2.45, 2.75) is 25.6 Å². The van der Waals surface area contributed by atoms with Crippen LogP contribution in [-0.2, 0) is 9.53 Å². The van der Waals surface area contributed by atoms with Crippen LogP contribution < -0.4 is 0 Å². The number of ether oxygens (including phenoxy) is 1. The van der Waals surface area contributed by atoms with Crippen LogP contribution in [0.1, 0.15) is 13.3 Å². The largest absolute Gasteiger partial charge is 0.463 e. The molecule has 0 amide bonds. The van der Waals surface area contributed by atoms with Crippen LogP contribution in [0.4, 0.5) is 0 Å². The third kappa shape index (κ3) is 1.26. The number of aliphatic hydroxyl groups excluding tert-OH is 2. The van der Waals surface area contributed by atoms with Gasteiger partial charge in [-0.3, -0.25) is 0 Å². The summed E-state index contributed by atoms with van der Waals surface area (Å²) in [4.78, 5) is 11.4. The van der Waals surface area contributed by atoms with Crippen molar-refractivity contribution in [2.75, 3.05) is 6.61 Å². The first-order valence-corrected chi connectivity index (χ1v) is 4.90. The van der Waals surface area contributed by atoms with Gasteiger partial charge >= 0.3 is 5.97 Å². The fourth-order valence-electron chi connectivity index (χ4n) is 2.33. The highest BCUT2D eigenvalue weighted by molar-refractivity contribution is 5.90. The summed E-state index contributed by atoms with van der Waals surface area (Å²) in [6.07, 6.45) is 0.888. The van der Waals surface area contributed by atoms with E-state index in [1.165, 1.54) is 0 Å². The van der Waals surface area contributed by atoms with Crippen molar-refractivity contribution < 1.29 is 19.7 Å². The number of hydrogen-bond donors (Lipinski definition) is 2. The zero-order chi connectivity index (χ0) is 10.3. The number of aliphatic hydroxyl groups is 2. The fraction of sp³-hybridized carbons (Fsp3) is 0.700. The number of rotatable bonds is 2. The monoisotopic (exact) mass is 198 g/mol. The van der Waals surface area contributed by atoms with Gasteiger partial charge in [-0.15, -0.1) is 0 Å². The molecule has 0 saturated heterocycles. The Morgan fingerprint density at radius 1 is 1.57 bits per heavy atom. The molecule has 4 nitrogen and oxygen atoms in total. The Kier molecular flexibility index (Phi) is 2.33. The predicted molar refractivity (Wildman–Crippen MR) is 48.3 cm³/mol. The lowest BCUT2D eigenvalue weighted by molar-refractivity contribution is -0.139. The van der Waals surface area contributed by atoms with E-state index >= 15 is 0 Å². The van der Waals surface area contributed by atoms with Gasteiger partial charge in [0.15, 0.2) is 0 Å². The minimum Gasteiger partial charge on any atom is -0.463 e. The molecule has 2 bridgehead atoms. The summed E-state index contributed by atoms with van der Waals surface area (Å²) in [5.41, 5.74) is 0.537. The van der Waals surface area contributed by atoms with E-state index in [2.05, 4.69) is 0 Å². The molecule has 0 radical (unpaired) electrons.